The van der Waals surface area contributed by atoms with Gasteiger partial charge in [0, 0.05) is 25.2 Å². The summed E-state index contributed by atoms with van der Waals surface area (Å²) in [6, 6.07) is 8.74. The largest absolute Gasteiger partial charge is 0.372 e. The van der Waals surface area contributed by atoms with E-state index >= 15 is 0 Å². The average molecular weight is 249 g/mol. The summed E-state index contributed by atoms with van der Waals surface area (Å²) in [6.07, 6.45) is 0.860. The van der Waals surface area contributed by atoms with E-state index in [0.29, 0.717) is 0 Å². The fraction of sp³-hybridized carbons (Fsp3) is 0.600. The van der Waals surface area contributed by atoms with Crippen molar-refractivity contribution in [3.05, 3.63) is 29.8 Å². The predicted molar refractivity (Wildman–Crippen MR) is 80.0 cm³/mol. The number of rotatable bonds is 6. The molecule has 1 aromatic rings. The molecule has 102 valence electrons. The summed E-state index contributed by atoms with van der Waals surface area (Å²) in [4.78, 5) is 4.41. The topological polar surface area (TPSA) is 32.5 Å². The molecule has 0 aliphatic rings. The molecule has 0 saturated heterocycles. The minimum Gasteiger partial charge on any atom is -0.372 e. The molecule has 18 heavy (non-hydrogen) atoms. The zero-order valence-corrected chi connectivity index (χ0v) is 12.4. The molecule has 1 rings (SSSR count). The first-order valence-electron chi connectivity index (χ1n) is 6.71. The van der Waals surface area contributed by atoms with Crippen molar-refractivity contribution >= 4 is 5.69 Å². The lowest BCUT2D eigenvalue weighted by Crippen LogP contribution is -2.51. The highest BCUT2D eigenvalue weighted by Gasteiger charge is 2.21. The Bertz CT molecular complexity index is 351. The van der Waals surface area contributed by atoms with Crippen molar-refractivity contribution in [1.29, 1.82) is 0 Å². The summed E-state index contributed by atoms with van der Waals surface area (Å²) >= 11 is 0. The van der Waals surface area contributed by atoms with E-state index in [0.717, 1.165) is 19.5 Å². The van der Waals surface area contributed by atoms with Gasteiger partial charge >= 0.3 is 0 Å². The molecule has 0 fully saturated rings. The van der Waals surface area contributed by atoms with Gasteiger partial charge in [0.05, 0.1) is 5.66 Å². The Morgan fingerprint density at radius 2 is 1.56 bits per heavy atom. The SMILES string of the molecule is CCN(CC)c1ccc(CC(C)(N)N(C)C)cc1. The molecule has 1 aromatic carbocycles. The van der Waals surface area contributed by atoms with Gasteiger partial charge in [0.15, 0.2) is 0 Å². The van der Waals surface area contributed by atoms with Gasteiger partial charge in [-0.2, -0.15) is 0 Å². The molecule has 1 unspecified atom stereocenters. The Kier molecular flexibility index (Phi) is 5.17. The second-order valence-corrected chi connectivity index (χ2v) is 5.27. The van der Waals surface area contributed by atoms with E-state index in [1.54, 1.807) is 0 Å². The van der Waals surface area contributed by atoms with Crippen LogP contribution in [0, 0.1) is 0 Å². The molecular weight excluding hydrogens is 222 g/mol. The van der Waals surface area contributed by atoms with Crippen LogP contribution in [0.5, 0.6) is 0 Å². The Hall–Kier alpha value is -1.06. The Labute approximate surface area is 112 Å². The third-order valence-corrected chi connectivity index (χ3v) is 3.65. The van der Waals surface area contributed by atoms with E-state index in [4.69, 9.17) is 5.73 Å². The number of nitrogens with two attached hydrogens (primary N) is 1. The molecule has 0 radical (unpaired) electrons. The molecule has 3 nitrogen and oxygen atoms in total. The van der Waals surface area contributed by atoms with Crippen LogP contribution in [0.15, 0.2) is 24.3 Å². The summed E-state index contributed by atoms with van der Waals surface area (Å²) in [7, 11) is 4.04. The summed E-state index contributed by atoms with van der Waals surface area (Å²) < 4.78 is 0. The second kappa shape index (κ2) is 6.21. The molecule has 2 N–H and O–H groups in total. The van der Waals surface area contributed by atoms with E-state index in [1.165, 1.54) is 11.3 Å². The fourth-order valence-electron chi connectivity index (χ4n) is 1.98. The summed E-state index contributed by atoms with van der Waals surface area (Å²) in [6.45, 7) is 8.51. The monoisotopic (exact) mass is 249 g/mol. The van der Waals surface area contributed by atoms with Crippen molar-refractivity contribution in [2.75, 3.05) is 32.1 Å². The first-order chi connectivity index (χ1) is 8.40. The maximum Gasteiger partial charge on any atom is 0.0694 e. The quantitative estimate of drug-likeness (QED) is 0.785. The molecule has 0 heterocycles. The molecule has 0 aliphatic carbocycles. The molecular formula is C15H27N3. The lowest BCUT2D eigenvalue weighted by atomic mass is 10.0. The molecule has 0 aromatic heterocycles. The molecule has 0 saturated carbocycles. The van der Waals surface area contributed by atoms with Crippen LogP contribution in [-0.4, -0.2) is 37.7 Å². The summed E-state index contributed by atoms with van der Waals surface area (Å²) in [5.41, 5.74) is 8.53. The summed E-state index contributed by atoms with van der Waals surface area (Å²) in [5, 5.41) is 0. The minimum atomic E-state index is -0.295. The van der Waals surface area contributed by atoms with E-state index in [9.17, 15) is 0 Å². The van der Waals surface area contributed by atoms with Gasteiger partial charge in [0.1, 0.15) is 0 Å². The van der Waals surface area contributed by atoms with Gasteiger partial charge in [-0.3, -0.25) is 4.90 Å². The highest BCUT2D eigenvalue weighted by molar-refractivity contribution is 5.47. The zero-order valence-electron chi connectivity index (χ0n) is 12.4. The van der Waals surface area contributed by atoms with E-state index in [-0.39, 0.29) is 5.66 Å². The fourth-order valence-corrected chi connectivity index (χ4v) is 1.98. The van der Waals surface area contributed by atoms with Crippen LogP contribution in [-0.2, 0) is 6.42 Å². The van der Waals surface area contributed by atoms with Crippen LogP contribution in [0.3, 0.4) is 0 Å². The van der Waals surface area contributed by atoms with Crippen molar-refractivity contribution in [1.82, 2.24) is 4.90 Å². The molecule has 0 aliphatic heterocycles. The first kappa shape index (κ1) is 15.0. The number of anilines is 1. The van der Waals surface area contributed by atoms with Crippen LogP contribution in [0.1, 0.15) is 26.3 Å². The smallest absolute Gasteiger partial charge is 0.0694 e. The zero-order chi connectivity index (χ0) is 13.8. The second-order valence-electron chi connectivity index (χ2n) is 5.27. The van der Waals surface area contributed by atoms with Crippen LogP contribution in [0.4, 0.5) is 5.69 Å². The normalized spacial score (nSPS) is 14.6. The maximum absolute atomic E-state index is 6.26. The van der Waals surface area contributed by atoms with Crippen molar-refractivity contribution in [3.63, 3.8) is 0 Å². The highest BCUT2D eigenvalue weighted by Crippen LogP contribution is 2.18. The third-order valence-electron chi connectivity index (χ3n) is 3.65. The van der Waals surface area contributed by atoms with Crippen molar-refractivity contribution in [2.24, 2.45) is 5.73 Å². The molecule has 0 amide bonds. The average Bonchev–Trinajstić information content (AvgIpc) is 2.32. The Balaban J connectivity index is 2.77. The van der Waals surface area contributed by atoms with Gasteiger partial charge in [-0.1, -0.05) is 12.1 Å². The number of hydrogen-bond donors (Lipinski definition) is 1. The summed E-state index contributed by atoms with van der Waals surface area (Å²) in [5.74, 6) is 0. The van der Waals surface area contributed by atoms with Crippen LogP contribution < -0.4 is 10.6 Å². The van der Waals surface area contributed by atoms with Crippen molar-refractivity contribution in [3.8, 4) is 0 Å². The molecule has 3 heteroatoms. The Morgan fingerprint density at radius 1 is 1.06 bits per heavy atom. The number of likely N-dealkylation sites (N-methyl/N-ethyl adjacent to an activating group) is 1. The van der Waals surface area contributed by atoms with Crippen molar-refractivity contribution in [2.45, 2.75) is 32.9 Å². The molecule has 1 atom stereocenters. The number of benzene rings is 1. The van der Waals surface area contributed by atoms with Gasteiger partial charge in [0.25, 0.3) is 0 Å². The first-order valence-corrected chi connectivity index (χ1v) is 6.71. The lowest BCUT2D eigenvalue weighted by molar-refractivity contribution is 0.180. The predicted octanol–water partition coefficient (Wildman–Crippen LogP) is 2.31. The van der Waals surface area contributed by atoms with Gasteiger partial charge in [-0.05, 0) is 52.6 Å². The van der Waals surface area contributed by atoms with E-state index in [1.807, 2.05) is 14.1 Å². The number of nitrogens with zero attached hydrogens (tertiary/aromatic N) is 2. The van der Waals surface area contributed by atoms with Gasteiger partial charge < -0.3 is 10.6 Å². The van der Waals surface area contributed by atoms with E-state index in [2.05, 4.69) is 54.8 Å². The number of hydrogen-bond acceptors (Lipinski definition) is 3. The van der Waals surface area contributed by atoms with Crippen LogP contribution in [0.25, 0.3) is 0 Å². The standard InChI is InChI=1S/C15H27N3/c1-6-18(7-2)14-10-8-13(9-11-14)12-15(3,16)17(4)5/h8-11H,6-7,12,16H2,1-5H3. The van der Waals surface area contributed by atoms with Crippen LogP contribution >= 0.6 is 0 Å². The molecule has 0 spiro atoms. The molecule has 0 bridgehead atoms. The van der Waals surface area contributed by atoms with E-state index < -0.39 is 0 Å². The van der Waals surface area contributed by atoms with Crippen molar-refractivity contribution < 1.29 is 0 Å². The van der Waals surface area contributed by atoms with Gasteiger partial charge in [-0.15, -0.1) is 0 Å². The highest BCUT2D eigenvalue weighted by atomic mass is 15.2. The Morgan fingerprint density at radius 3 is 1.94 bits per heavy atom. The minimum absolute atomic E-state index is 0.295. The van der Waals surface area contributed by atoms with Crippen LogP contribution in [0.2, 0.25) is 0 Å². The van der Waals surface area contributed by atoms with Gasteiger partial charge in [-0.25, -0.2) is 0 Å². The maximum atomic E-state index is 6.26. The third kappa shape index (κ3) is 3.72. The van der Waals surface area contributed by atoms with Gasteiger partial charge in [0.2, 0.25) is 0 Å². The lowest BCUT2D eigenvalue weighted by Gasteiger charge is -2.32.